The number of unbranched alkanes of at least 4 members (excludes halogenated alkanes) is 29. The molecule has 0 saturated heterocycles. The van der Waals surface area contributed by atoms with Gasteiger partial charge in [-0.25, -0.2) is 4.57 Å². The fraction of sp³-hybridized carbons (Fsp3) is 0.692. The molecule has 0 spiro atoms. The molecule has 0 saturated carbocycles. The molecule has 9 nitrogen and oxygen atoms in total. The smallest absolute Gasteiger partial charge is 0.462 e. The van der Waals surface area contributed by atoms with Gasteiger partial charge in [-0.05, 0) is 109 Å². The van der Waals surface area contributed by atoms with Gasteiger partial charge >= 0.3 is 19.8 Å². The van der Waals surface area contributed by atoms with Gasteiger partial charge in [-0.2, -0.15) is 0 Å². The standard InChI is InChI=1S/C78H134NO8P/c1-6-8-10-12-14-16-18-20-22-24-26-28-30-32-34-36-38-39-41-43-45-47-49-51-53-55-57-59-61-63-65-67-69-71-78(81)87-76(75-86-88(82,83)85-73-72-79(3,4)5)74-84-77(80)70-68-66-64-62-60-58-56-54-52-50-48-46-44-42-40-37-35-33-31-29-27-25-23-21-19-17-15-13-11-9-7-2/h8-11,14-17,20-23,26-29,32-35,38-39,76H,6-7,12-13,18-19,24-25,30-31,36-37,40-75H2,1-5H3/p+1/b10-8-,11-9-,16-14-,17-15-,22-20-,23-21-,28-26-,29-27-,34-32-,35-33-,39-38-. The molecule has 1 N–H and O–H groups in total. The molecule has 504 valence electrons. The lowest BCUT2D eigenvalue weighted by Gasteiger charge is -2.24. The first-order chi connectivity index (χ1) is 43.0. The van der Waals surface area contributed by atoms with Crippen LogP contribution >= 0.6 is 7.82 Å². The van der Waals surface area contributed by atoms with Gasteiger partial charge in [0.15, 0.2) is 6.10 Å². The van der Waals surface area contributed by atoms with Crippen LogP contribution in [0.15, 0.2) is 134 Å². The van der Waals surface area contributed by atoms with Gasteiger partial charge in [0.05, 0.1) is 27.7 Å². The number of phosphoric acid groups is 1. The van der Waals surface area contributed by atoms with E-state index in [0.717, 1.165) is 109 Å². The number of hydrogen-bond donors (Lipinski definition) is 1. The summed E-state index contributed by atoms with van der Waals surface area (Å²) in [5.41, 5.74) is 0. The third-order valence-electron chi connectivity index (χ3n) is 15.2. The van der Waals surface area contributed by atoms with E-state index >= 15 is 0 Å². The van der Waals surface area contributed by atoms with Gasteiger partial charge in [0.1, 0.15) is 19.8 Å². The molecular weight excluding hydrogens is 1110 g/mol. The van der Waals surface area contributed by atoms with Gasteiger partial charge < -0.3 is 18.9 Å². The Hall–Kier alpha value is -3.85. The summed E-state index contributed by atoms with van der Waals surface area (Å²) in [5.74, 6) is -0.795. The summed E-state index contributed by atoms with van der Waals surface area (Å²) in [7, 11) is 1.47. The molecule has 2 unspecified atom stereocenters. The molecule has 0 radical (unpaired) electrons. The zero-order valence-electron chi connectivity index (χ0n) is 57.4. The van der Waals surface area contributed by atoms with Crippen molar-refractivity contribution in [2.75, 3.05) is 47.5 Å². The molecule has 0 aliphatic rings. The van der Waals surface area contributed by atoms with E-state index in [2.05, 4.69) is 148 Å². The minimum Gasteiger partial charge on any atom is -0.462 e. The molecule has 0 aliphatic heterocycles. The largest absolute Gasteiger partial charge is 0.472 e. The van der Waals surface area contributed by atoms with Crippen molar-refractivity contribution in [2.45, 2.75) is 302 Å². The number of carbonyl (C=O) groups excluding carboxylic acids is 2. The highest BCUT2D eigenvalue weighted by molar-refractivity contribution is 7.47. The second kappa shape index (κ2) is 67.5. The lowest BCUT2D eigenvalue weighted by Crippen LogP contribution is -2.37. The maximum absolute atomic E-state index is 12.9. The van der Waals surface area contributed by atoms with Gasteiger partial charge in [-0.15, -0.1) is 0 Å². The van der Waals surface area contributed by atoms with E-state index in [1.54, 1.807) is 0 Å². The minimum absolute atomic E-state index is 0.0272. The Labute approximate surface area is 542 Å². The van der Waals surface area contributed by atoms with Gasteiger partial charge in [0.2, 0.25) is 0 Å². The Bertz CT molecular complexity index is 1950. The molecule has 0 aliphatic carbocycles. The third-order valence-corrected chi connectivity index (χ3v) is 16.2. The average molecular weight is 1250 g/mol. The predicted octanol–water partition coefficient (Wildman–Crippen LogP) is 23.6. The van der Waals surface area contributed by atoms with Gasteiger partial charge in [0.25, 0.3) is 0 Å². The summed E-state index contributed by atoms with van der Waals surface area (Å²) in [6.45, 7) is 4.22. The fourth-order valence-corrected chi connectivity index (χ4v) is 10.5. The van der Waals surface area contributed by atoms with Crippen LogP contribution in [0.4, 0.5) is 0 Å². The Balaban J connectivity index is 4.05. The van der Waals surface area contributed by atoms with E-state index < -0.39 is 26.5 Å². The quantitative estimate of drug-likeness (QED) is 0.0211. The Morgan fingerprint density at radius 1 is 0.352 bits per heavy atom. The lowest BCUT2D eigenvalue weighted by atomic mass is 10.0. The van der Waals surface area contributed by atoms with Crippen molar-refractivity contribution in [3.05, 3.63) is 134 Å². The van der Waals surface area contributed by atoms with Crippen molar-refractivity contribution >= 4 is 19.8 Å². The van der Waals surface area contributed by atoms with E-state index in [-0.39, 0.29) is 32.0 Å². The van der Waals surface area contributed by atoms with Crippen molar-refractivity contribution in [1.82, 2.24) is 0 Å². The van der Waals surface area contributed by atoms with Crippen LogP contribution in [0.5, 0.6) is 0 Å². The second-order valence-corrected chi connectivity index (χ2v) is 26.3. The molecule has 0 aromatic rings. The molecule has 10 heteroatoms. The number of quaternary nitrogens is 1. The summed E-state index contributed by atoms with van der Waals surface area (Å²) in [4.78, 5) is 35.9. The summed E-state index contributed by atoms with van der Waals surface area (Å²) < 4.78 is 34.8. The van der Waals surface area contributed by atoms with Crippen LogP contribution in [0.1, 0.15) is 296 Å². The Morgan fingerprint density at radius 2 is 0.614 bits per heavy atom. The highest BCUT2D eigenvalue weighted by Gasteiger charge is 2.27. The SMILES string of the molecule is CC/C=C\C/C=C\C/C=C\C/C=C\C/C=C\C/C=C\CCCCCCCCCCCCCCCCC(=O)OC(COC(=O)CCCCCCCCCCCCCCCCC/C=C\C/C=C\C/C=C\C/C=C\C/C=C\CC)COP(=O)(O)OCC[N+](C)(C)C. The number of allylic oxidation sites excluding steroid dienone is 22. The average Bonchev–Trinajstić information content (AvgIpc) is 3.56. The lowest BCUT2D eigenvalue weighted by molar-refractivity contribution is -0.870. The van der Waals surface area contributed by atoms with Gasteiger partial charge in [-0.1, -0.05) is 308 Å². The first-order valence-corrected chi connectivity index (χ1v) is 37.4. The molecule has 0 heterocycles. The Morgan fingerprint density at radius 3 is 0.909 bits per heavy atom. The summed E-state index contributed by atoms with van der Waals surface area (Å²) >= 11 is 0. The van der Waals surface area contributed by atoms with Crippen LogP contribution < -0.4 is 0 Å². The van der Waals surface area contributed by atoms with Crippen molar-refractivity contribution in [2.24, 2.45) is 0 Å². The molecule has 0 aromatic heterocycles. The number of carbonyl (C=O) groups is 2. The summed E-state index contributed by atoms with van der Waals surface area (Å²) in [5, 5.41) is 0. The third kappa shape index (κ3) is 71.2. The van der Waals surface area contributed by atoms with Crippen molar-refractivity contribution in [1.29, 1.82) is 0 Å². The molecule has 2 atom stereocenters. The van der Waals surface area contributed by atoms with Gasteiger partial charge in [-0.3, -0.25) is 18.6 Å². The molecule has 0 rings (SSSR count). The van der Waals surface area contributed by atoms with Crippen LogP contribution in [0.3, 0.4) is 0 Å². The van der Waals surface area contributed by atoms with E-state index in [0.29, 0.717) is 17.4 Å². The first-order valence-electron chi connectivity index (χ1n) is 35.9. The fourth-order valence-electron chi connectivity index (χ4n) is 9.75. The molecule has 0 fully saturated rings. The van der Waals surface area contributed by atoms with Crippen LogP contribution in [0, 0.1) is 0 Å². The number of nitrogens with zero attached hydrogens (tertiary/aromatic N) is 1. The zero-order valence-corrected chi connectivity index (χ0v) is 58.3. The van der Waals surface area contributed by atoms with E-state index in [1.165, 1.54) is 154 Å². The number of rotatable bonds is 65. The minimum atomic E-state index is -4.40. The van der Waals surface area contributed by atoms with Crippen molar-refractivity contribution in [3.63, 3.8) is 0 Å². The van der Waals surface area contributed by atoms with Crippen LogP contribution in [0.2, 0.25) is 0 Å². The van der Waals surface area contributed by atoms with E-state index in [9.17, 15) is 19.0 Å². The van der Waals surface area contributed by atoms with Crippen molar-refractivity contribution in [3.8, 4) is 0 Å². The summed E-state index contributed by atoms with van der Waals surface area (Å²) in [6.07, 6.45) is 98.4. The number of likely N-dealkylation sites (N-methyl/N-ethyl adjacent to an activating group) is 1. The van der Waals surface area contributed by atoms with E-state index in [1.807, 2.05) is 21.1 Å². The van der Waals surface area contributed by atoms with Crippen LogP contribution in [-0.2, 0) is 32.7 Å². The topological polar surface area (TPSA) is 108 Å². The molecule has 0 amide bonds. The number of esters is 2. The second-order valence-electron chi connectivity index (χ2n) is 24.9. The van der Waals surface area contributed by atoms with Crippen molar-refractivity contribution < 1.29 is 42.1 Å². The predicted molar refractivity (Wildman–Crippen MR) is 381 cm³/mol. The monoisotopic (exact) mass is 1240 g/mol. The number of hydrogen-bond acceptors (Lipinski definition) is 7. The number of ether oxygens (including phenoxy) is 2. The highest BCUT2D eigenvalue weighted by Crippen LogP contribution is 2.43. The molecule has 0 aromatic carbocycles. The molecule has 88 heavy (non-hydrogen) atoms. The van der Waals surface area contributed by atoms with E-state index in [4.69, 9.17) is 18.5 Å². The Kier molecular flexibility index (Phi) is 64.6. The van der Waals surface area contributed by atoms with Crippen LogP contribution in [0.25, 0.3) is 0 Å². The van der Waals surface area contributed by atoms with Gasteiger partial charge in [0, 0.05) is 12.8 Å². The number of phosphoric ester groups is 1. The maximum Gasteiger partial charge on any atom is 0.472 e. The van der Waals surface area contributed by atoms with Crippen LogP contribution in [-0.4, -0.2) is 74.9 Å². The zero-order chi connectivity index (χ0) is 64.1. The first kappa shape index (κ1) is 84.2. The highest BCUT2D eigenvalue weighted by atomic mass is 31.2. The molecule has 0 bridgehead atoms. The normalized spacial score (nSPS) is 13.9. The molecular formula is C78H135NO8P+. The summed E-state index contributed by atoms with van der Waals surface area (Å²) in [6, 6.07) is 0. The maximum atomic E-state index is 12.9.